The zero-order chi connectivity index (χ0) is 15.6. The summed E-state index contributed by atoms with van der Waals surface area (Å²) in [6.45, 7) is 2.22. The van der Waals surface area contributed by atoms with Crippen molar-refractivity contribution < 1.29 is 5.11 Å². The third-order valence-corrected chi connectivity index (χ3v) is 3.48. The van der Waals surface area contributed by atoms with Gasteiger partial charge in [-0.25, -0.2) is 9.78 Å². The SMILES string of the molecule is CC(O)CCCCn1c(=O)c2[nH]c(CN)nc2n(C)c1=O. The largest absolute Gasteiger partial charge is 0.393 e. The van der Waals surface area contributed by atoms with E-state index in [2.05, 4.69) is 9.97 Å². The first-order valence-electron chi connectivity index (χ1n) is 7.02. The van der Waals surface area contributed by atoms with Gasteiger partial charge in [0.15, 0.2) is 5.65 Å². The Balaban J connectivity index is 2.35. The van der Waals surface area contributed by atoms with Crippen molar-refractivity contribution in [3.8, 4) is 0 Å². The summed E-state index contributed by atoms with van der Waals surface area (Å²) in [4.78, 5) is 31.6. The first-order valence-corrected chi connectivity index (χ1v) is 7.02. The molecule has 2 heterocycles. The normalized spacial score (nSPS) is 13.0. The Morgan fingerprint density at radius 3 is 2.71 bits per heavy atom. The average Bonchev–Trinajstić information content (AvgIpc) is 2.88. The molecule has 0 aliphatic carbocycles. The van der Waals surface area contributed by atoms with Gasteiger partial charge in [0.05, 0.1) is 12.6 Å². The fourth-order valence-electron chi connectivity index (χ4n) is 2.30. The molecule has 116 valence electrons. The summed E-state index contributed by atoms with van der Waals surface area (Å²) in [6.07, 6.45) is 1.69. The maximum Gasteiger partial charge on any atom is 0.332 e. The van der Waals surface area contributed by atoms with E-state index in [0.717, 1.165) is 6.42 Å². The van der Waals surface area contributed by atoms with Crippen molar-refractivity contribution in [2.24, 2.45) is 12.8 Å². The number of aryl methyl sites for hydroxylation is 1. The van der Waals surface area contributed by atoms with E-state index in [1.165, 1.54) is 9.13 Å². The number of hydrogen-bond acceptors (Lipinski definition) is 5. The first kappa shape index (κ1) is 15.5. The fraction of sp³-hybridized carbons (Fsp3) is 0.615. The molecule has 2 aromatic heterocycles. The minimum absolute atomic E-state index is 0.177. The lowest BCUT2D eigenvalue weighted by Gasteiger charge is -2.08. The summed E-state index contributed by atoms with van der Waals surface area (Å²) in [5.74, 6) is 0.476. The van der Waals surface area contributed by atoms with Gasteiger partial charge < -0.3 is 15.8 Å². The summed E-state index contributed by atoms with van der Waals surface area (Å²) in [6, 6.07) is 0. The van der Waals surface area contributed by atoms with Crippen LogP contribution in [0.5, 0.6) is 0 Å². The van der Waals surface area contributed by atoms with Crippen molar-refractivity contribution in [2.75, 3.05) is 0 Å². The number of unbranched alkanes of at least 4 members (excludes halogenated alkanes) is 1. The lowest BCUT2D eigenvalue weighted by molar-refractivity contribution is 0.180. The first-order chi connectivity index (χ1) is 9.95. The molecule has 0 saturated carbocycles. The molecule has 0 saturated heterocycles. The number of aromatic nitrogens is 4. The molecular formula is C13H21N5O3. The molecule has 0 radical (unpaired) electrons. The highest BCUT2D eigenvalue weighted by molar-refractivity contribution is 5.69. The average molecular weight is 295 g/mol. The number of aromatic amines is 1. The monoisotopic (exact) mass is 295 g/mol. The second-order valence-electron chi connectivity index (χ2n) is 5.23. The molecular weight excluding hydrogens is 274 g/mol. The van der Waals surface area contributed by atoms with E-state index in [1.54, 1.807) is 14.0 Å². The molecule has 0 amide bonds. The van der Waals surface area contributed by atoms with Gasteiger partial charge in [-0.1, -0.05) is 0 Å². The summed E-state index contributed by atoms with van der Waals surface area (Å²) >= 11 is 0. The fourth-order valence-corrected chi connectivity index (χ4v) is 2.30. The number of imidazole rings is 1. The van der Waals surface area contributed by atoms with E-state index >= 15 is 0 Å². The zero-order valence-electron chi connectivity index (χ0n) is 12.3. The van der Waals surface area contributed by atoms with E-state index in [0.29, 0.717) is 36.4 Å². The molecule has 0 bridgehead atoms. The van der Waals surface area contributed by atoms with Gasteiger partial charge in [-0.3, -0.25) is 13.9 Å². The van der Waals surface area contributed by atoms with E-state index in [1.807, 2.05) is 0 Å². The Hall–Kier alpha value is -1.93. The van der Waals surface area contributed by atoms with Crippen LogP contribution in [0.4, 0.5) is 0 Å². The standard InChI is InChI=1S/C13H21N5O3/c1-8(19)5-3-4-6-18-12(20)10-11(17(2)13(18)21)16-9(7-14)15-10/h8,19H,3-7,14H2,1-2H3,(H,15,16). The van der Waals surface area contributed by atoms with Crippen LogP contribution in [0, 0.1) is 0 Å². The van der Waals surface area contributed by atoms with Crippen LogP contribution in [0.1, 0.15) is 32.0 Å². The Kier molecular flexibility index (Phi) is 4.59. The van der Waals surface area contributed by atoms with Crippen LogP contribution < -0.4 is 17.0 Å². The van der Waals surface area contributed by atoms with Crippen LogP contribution >= 0.6 is 0 Å². The second kappa shape index (κ2) is 6.23. The van der Waals surface area contributed by atoms with Gasteiger partial charge in [-0.15, -0.1) is 0 Å². The van der Waals surface area contributed by atoms with Crippen molar-refractivity contribution in [1.29, 1.82) is 0 Å². The lowest BCUT2D eigenvalue weighted by Crippen LogP contribution is -2.39. The van der Waals surface area contributed by atoms with Crippen molar-refractivity contribution in [1.82, 2.24) is 19.1 Å². The summed E-state index contributed by atoms with van der Waals surface area (Å²) < 4.78 is 2.55. The van der Waals surface area contributed by atoms with Crippen molar-refractivity contribution in [3.05, 3.63) is 26.7 Å². The van der Waals surface area contributed by atoms with Crippen molar-refractivity contribution in [3.63, 3.8) is 0 Å². The number of hydrogen-bond donors (Lipinski definition) is 3. The number of nitrogens with zero attached hydrogens (tertiary/aromatic N) is 3. The molecule has 0 aliphatic heterocycles. The van der Waals surface area contributed by atoms with E-state index in [9.17, 15) is 14.7 Å². The number of aliphatic hydroxyl groups excluding tert-OH is 1. The maximum atomic E-state index is 12.3. The number of aliphatic hydroxyl groups is 1. The van der Waals surface area contributed by atoms with Crippen LogP contribution in [-0.2, 0) is 20.1 Å². The summed E-state index contributed by atoms with van der Waals surface area (Å²) in [5.41, 5.74) is 5.36. The van der Waals surface area contributed by atoms with Gasteiger partial charge in [-0.2, -0.15) is 0 Å². The highest BCUT2D eigenvalue weighted by Gasteiger charge is 2.14. The third-order valence-electron chi connectivity index (χ3n) is 3.48. The molecule has 1 unspecified atom stereocenters. The number of H-pyrrole nitrogens is 1. The summed E-state index contributed by atoms with van der Waals surface area (Å²) in [7, 11) is 1.58. The van der Waals surface area contributed by atoms with E-state index in [-0.39, 0.29) is 23.9 Å². The Bertz CT molecular complexity index is 741. The molecule has 2 rings (SSSR count). The van der Waals surface area contributed by atoms with Gasteiger partial charge in [0.2, 0.25) is 0 Å². The molecule has 0 aromatic carbocycles. The Morgan fingerprint density at radius 1 is 1.38 bits per heavy atom. The minimum Gasteiger partial charge on any atom is -0.393 e. The molecule has 8 heteroatoms. The van der Waals surface area contributed by atoms with E-state index in [4.69, 9.17) is 5.73 Å². The third kappa shape index (κ3) is 3.06. The summed E-state index contributed by atoms with van der Waals surface area (Å²) in [5, 5.41) is 9.21. The maximum absolute atomic E-state index is 12.3. The molecule has 0 spiro atoms. The number of nitrogens with one attached hydrogen (secondary N) is 1. The zero-order valence-corrected chi connectivity index (χ0v) is 12.3. The smallest absolute Gasteiger partial charge is 0.332 e. The minimum atomic E-state index is -0.389. The predicted molar refractivity (Wildman–Crippen MR) is 79.0 cm³/mol. The molecule has 0 aliphatic rings. The molecule has 1 atom stereocenters. The Morgan fingerprint density at radius 2 is 2.10 bits per heavy atom. The van der Waals surface area contributed by atoms with Crippen molar-refractivity contribution in [2.45, 2.75) is 45.4 Å². The highest BCUT2D eigenvalue weighted by atomic mass is 16.3. The molecule has 4 N–H and O–H groups in total. The van der Waals surface area contributed by atoms with Crippen molar-refractivity contribution >= 4 is 11.2 Å². The molecule has 2 aromatic rings. The lowest BCUT2D eigenvalue weighted by atomic mass is 10.2. The number of rotatable bonds is 6. The van der Waals surface area contributed by atoms with Crippen LogP contribution in [0.2, 0.25) is 0 Å². The molecule has 21 heavy (non-hydrogen) atoms. The van der Waals surface area contributed by atoms with Gasteiger partial charge in [0.1, 0.15) is 11.3 Å². The predicted octanol–water partition coefficient (Wildman–Crippen LogP) is -0.567. The number of nitrogens with two attached hydrogens (primary N) is 1. The van der Waals surface area contributed by atoms with Gasteiger partial charge >= 0.3 is 5.69 Å². The highest BCUT2D eigenvalue weighted by Crippen LogP contribution is 2.05. The van der Waals surface area contributed by atoms with Crippen LogP contribution in [0.3, 0.4) is 0 Å². The second-order valence-corrected chi connectivity index (χ2v) is 5.23. The van der Waals surface area contributed by atoms with Gasteiger partial charge in [0.25, 0.3) is 5.56 Å². The molecule has 8 nitrogen and oxygen atoms in total. The van der Waals surface area contributed by atoms with Crippen LogP contribution in [0.25, 0.3) is 11.2 Å². The topological polar surface area (TPSA) is 119 Å². The van der Waals surface area contributed by atoms with Crippen LogP contribution in [0.15, 0.2) is 9.59 Å². The van der Waals surface area contributed by atoms with Gasteiger partial charge in [-0.05, 0) is 26.2 Å². The van der Waals surface area contributed by atoms with Gasteiger partial charge in [0, 0.05) is 13.6 Å². The Labute approximate surface area is 121 Å². The molecule has 0 fully saturated rings. The van der Waals surface area contributed by atoms with Crippen LogP contribution in [-0.4, -0.2) is 30.3 Å². The number of fused-ring (bicyclic) bond motifs is 1. The van der Waals surface area contributed by atoms with E-state index < -0.39 is 0 Å². The quantitative estimate of drug-likeness (QED) is 0.617.